The summed E-state index contributed by atoms with van der Waals surface area (Å²) in [5, 5.41) is 12.8. The Hall–Kier alpha value is -1.02. The second-order valence-corrected chi connectivity index (χ2v) is 6.95. The Bertz CT molecular complexity index is 555. The highest BCUT2D eigenvalue weighted by atomic mass is 32.2. The molecule has 0 amide bonds. The molecule has 1 fully saturated rings. The summed E-state index contributed by atoms with van der Waals surface area (Å²) in [6.07, 6.45) is -1.38. The quantitative estimate of drug-likeness (QED) is 0.891. The molecule has 2 heterocycles. The number of hydrogen-bond donors (Lipinski definition) is 1. The normalized spacial score (nSPS) is 26.9. The van der Waals surface area contributed by atoms with E-state index in [1.807, 2.05) is 0 Å². The summed E-state index contributed by atoms with van der Waals surface area (Å²) in [6, 6.07) is 0. The van der Waals surface area contributed by atoms with Crippen molar-refractivity contribution in [2.75, 3.05) is 11.5 Å². The Labute approximate surface area is 103 Å². The topological polar surface area (TPSA) is 72.2 Å². The van der Waals surface area contributed by atoms with Gasteiger partial charge in [-0.05, 0) is 13.3 Å². The van der Waals surface area contributed by atoms with E-state index in [1.165, 1.54) is 0 Å². The second-order valence-electron chi connectivity index (χ2n) is 4.76. The molecule has 0 saturated carbocycles. The van der Waals surface area contributed by atoms with Gasteiger partial charge in [-0.3, -0.25) is 4.68 Å². The lowest BCUT2D eigenvalue weighted by Gasteiger charge is -2.25. The summed E-state index contributed by atoms with van der Waals surface area (Å²) in [6.45, 7) is 1.06. The first-order chi connectivity index (χ1) is 8.29. The van der Waals surface area contributed by atoms with Crippen molar-refractivity contribution < 1.29 is 22.3 Å². The number of aliphatic hydroxyl groups is 1. The maximum atomic E-state index is 13.0. The maximum Gasteiger partial charge on any atom is 0.280 e. The van der Waals surface area contributed by atoms with Crippen LogP contribution in [0.25, 0.3) is 0 Å². The molecule has 0 bridgehead atoms. The fraction of sp³-hybridized carbons (Fsp3) is 0.700. The van der Waals surface area contributed by atoms with Gasteiger partial charge in [-0.25, -0.2) is 17.2 Å². The number of halogens is 2. The lowest BCUT2D eigenvalue weighted by Crippen LogP contribution is -2.34. The van der Waals surface area contributed by atoms with Crippen LogP contribution in [0.1, 0.15) is 31.0 Å². The van der Waals surface area contributed by atoms with Gasteiger partial charge in [0.05, 0.1) is 29.8 Å². The maximum absolute atomic E-state index is 13.0. The van der Waals surface area contributed by atoms with E-state index in [4.69, 9.17) is 5.11 Å². The highest BCUT2D eigenvalue weighted by molar-refractivity contribution is 7.91. The molecule has 0 aromatic carbocycles. The van der Waals surface area contributed by atoms with E-state index in [9.17, 15) is 17.2 Å². The molecule has 1 unspecified atom stereocenters. The summed E-state index contributed by atoms with van der Waals surface area (Å²) in [7, 11) is -3.21. The van der Waals surface area contributed by atoms with Crippen LogP contribution >= 0.6 is 0 Å². The molecule has 0 radical (unpaired) electrons. The van der Waals surface area contributed by atoms with Crippen molar-refractivity contribution in [1.82, 2.24) is 9.78 Å². The van der Waals surface area contributed by atoms with Crippen molar-refractivity contribution in [2.45, 2.75) is 31.9 Å². The second kappa shape index (κ2) is 4.27. The van der Waals surface area contributed by atoms with Crippen LogP contribution in [-0.4, -0.2) is 34.8 Å². The number of hydrogen-bond acceptors (Lipinski definition) is 4. The van der Waals surface area contributed by atoms with Gasteiger partial charge in [0.15, 0.2) is 9.84 Å². The summed E-state index contributed by atoms with van der Waals surface area (Å²) in [4.78, 5) is 0. The molecule has 1 aliphatic heterocycles. The molecule has 0 spiro atoms. The van der Waals surface area contributed by atoms with Crippen LogP contribution in [0.5, 0.6) is 0 Å². The summed E-state index contributed by atoms with van der Waals surface area (Å²) < 4.78 is 50.1. The van der Waals surface area contributed by atoms with Crippen LogP contribution in [-0.2, 0) is 22.0 Å². The van der Waals surface area contributed by atoms with Crippen LogP contribution in [0.2, 0.25) is 0 Å². The number of aliphatic hydroxyl groups excluding tert-OH is 1. The Morgan fingerprint density at radius 3 is 2.72 bits per heavy atom. The third-order valence-electron chi connectivity index (χ3n) is 3.26. The average molecular weight is 280 g/mol. The van der Waals surface area contributed by atoms with Gasteiger partial charge in [0, 0.05) is 5.56 Å². The van der Waals surface area contributed by atoms with E-state index in [-0.39, 0.29) is 23.5 Å². The van der Waals surface area contributed by atoms with Crippen molar-refractivity contribution in [3.8, 4) is 0 Å². The molecule has 2 rings (SSSR count). The zero-order chi connectivity index (χ0) is 13.6. The first-order valence-corrected chi connectivity index (χ1v) is 7.28. The van der Waals surface area contributed by atoms with Crippen LogP contribution in [0.3, 0.4) is 0 Å². The number of alkyl halides is 2. The molecule has 1 aromatic heterocycles. The van der Waals surface area contributed by atoms with Crippen LogP contribution in [0, 0.1) is 0 Å². The van der Waals surface area contributed by atoms with E-state index in [2.05, 4.69) is 5.10 Å². The first kappa shape index (κ1) is 13.4. The van der Waals surface area contributed by atoms with Crippen LogP contribution in [0.4, 0.5) is 8.78 Å². The number of rotatable bonds is 3. The third kappa shape index (κ3) is 2.14. The Kier molecular flexibility index (Phi) is 3.18. The predicted molar refractivity (Wildman–Crippen MR) is 60.0 cm³/mol. The van der Waals surface area contributed by atoms with Crippen molar-refractivity contribution in [1.29, 1.82) is 0 Å². The summed E-state index contributed by atoms with van der Waals surface area (Å²) >= 11 is 0. The van der Waals surface area contributed by atoms with E-state index >= 15 is 0 Å². The molecule has 1 atom stereocenters. The summed E-state index contributed by atoms with van der Waals surface area (Å²) in [5.74, 6) is -0.229. The number of sulfone groups is 1. The Morgan fingerprint density at radius 2 is 2.28 bits per heavy atom. The largest absolute Gasteiger partial charge is 0.392 e. The monoisotopic (exact) mass is 280 g/mol. The van der Waals surface area contributed by atoms with Crippen molar-refractivity contribution >= 4 is 9.84 Å². The van der Waals surface area contributed by atoms with Gasteiger partial charge in [-0.15, -0.1) is 0 Å². The smallest absolute Gasteiger partial charge is 0.280 e. The SMILES string of the molecule is CC1(n2ncc(CO)c2C(F)F)CCS(=O)(=O)C1. The minimum absolute atomic E-state index is 0.0273. The van der Waals surface area contributed by atoms with Gasteiger partial charge in [-0.2, -0.15) is 5.10 Å². The Balaban J connectivity index is 2.49. The number of nitrogens with zero attached hydrogens (tertiary/aromatic N) is 2. The van der Waals surface area contributed by atoms with Gasteiger partial charge >= 0.3 is 0 Å². The van der Waals surface area contributed by atoms with Crippen LogP contribution in [0.15, 0.2) is 6.20 Å². The zero-order valence-electron chi connectivity index (χ0n) is 9.81. The molecular formula is C10H14F2N2O3S. The first-order valence-electron chi connectivity index (χ1n) is 5.46. The molecule has 8 heteroatoms. The highest BCUT2D eigenvalue weighted by Gasteiger charge is 2.43. The fourth-order valence-electron chi connectivity index (χ4n) is 2.34. The van der Waals surface area contributed by atoms with Crippen LogP contribution < -0.4 is 0 Å². The standard InChI is InChI=1S/C10H14F2N2O3S/c1-10(2-3-18(16,17)6-10)14-8(9(11)12)7(5-15)4-13-14/h4,9,15H,2-3,5-6H2,1H3. The van der Waals surface area contributed by atoms with E-state index < -0.39 is 34.1 Å². The molecule has 0 aliphatic carbocycles. The van der Waals surface area contributed by atoms with E-state index in [0.29, 0.717) is 0 Å². The van der Waals surface area contributed by atoms with Gasteiger partial charge in [0.1, 0.15) is 5.69 Å². The fourth-order valence-corrected chi connectivity index (χ4v) is 4.45. The van der Waals surface area contributed by atoms with E-state index in [1.54, 1.807) is 6.92 Å². The van der Waals surface area contributed by atoms with Gasteiger partial charge in [-0.1, -0.05) is 0 Å². The molecule has 1 saturated heterocycles. The van der Waals surface area contributed by atoms with Gasteiger partial charge < -0.3 is 5.11 Å². The summed E-state index contributed by atoms with van der Waals surface area (Å²) in [5.41, 5.74) is -1.31. The number of aromatic nitrogens is 2. The molecule has 1 aromatic rings. The van der Waals surface area contributed by atoms with Gasteiger partial charge in [0.2, 0.25) is 0 Å². The minimum Gasteiger partial charge on any atom is -0.392 e. The van der Waals surface area contributed by atoms with Crippen molar-refractivity contribution in [3.05, 3.63) is 17.5 Å². The molecule has 1 aliphatic rings. The average Bonchev–Trinajstić information content (AvgIpc) is 2.80. The molecule has 102 valence electrons. The molecule has 5 nitrogen and oxygen atoms in total. The highest BCUT2D eigenvalue weighted by Crippen LogP contribution is 2.35. The van der Waals surface area contributed by atoms with Crippen molar-refractivity contribution in [2.24, 2.45) is 0 Å². The lowest BCUT2D eigenvalue weighted by molar-refractivity contribution is 0.124. The Morgan fingerprint density at radius 1 is 1.61 bits per heavy atom. The molecule has 1 N–H and O–H groups in total. The molecular weight excluding hydrogens is 266 g/mol. The lowest BCUT2D eigenvalue weighted by atomic mass is 10.0. The predicted octanol–water partition coefficient (Wildman–Crippen LogP) is 0.847. The zero-order valence-corrected chi connectivity index (χ0v) is 10.6. The third-order valence-corrected chi connectivity index (χ3v) is 5.14. The van der Waals surface area contributed by atoms with Gasteiger partial charge in [0.25, 0.3) is 6.43 Å². The molecule has 18 heavy (non-hydrogen) atoms. The minimum atomic E-state index is -3.21. The van der Waals surface area contributed by atoms with Crippen molar-refractivity contribution in [3.63, 3.8) is 0 Å². The van der Waals surface area contributed by atoms with E-state index in [0.717, 1.165) is 10.9 Å².